The number of sulfonamides is 1. The molecule has 0 saturated carbocycles. The van der Waals surface area contributed by atoms with Crippen LogP contribution in [0.25, 0.3) is 0 Å². The summed E-state index contributed by atoms with van der Waals surface area (Å²) in [5.41, 5.74) is 1.03. The molecule has 0 fully saturated rings. The van der Waals surface area contributed by atoms with E-state index in [1.54, 1.807) is 31.2 Å². The van der Waals surface area contributed by atoms with E-state index < -0.39 is 10.0 Å². The van der Waals surface area contributed by atoms with Gasteiger partial charge in [0.15, 0.2) is 0 Å². The number of benzene rings is 1. The van der Waals surface area contributed by atoms with E-state index in [-0.39, 0.29) is 6.54 Å². The van der Waals surface area contributed by atoms with E-state index in [1.165, 1.54) is 4.31 Å². The second-order valence-electron chi connectivity index (χ2n) is 4.11. The molecule has 0 aliphatic heterocycles. The minimum Gasteiger partial charge on any atom is -0.207 e. The van der Waals surface area contributed by atoms with Crippen molar-refractivity contribution < 1.29 is 8.42 Å². The summed E-state index contributed by atoms with van der Waals surface area (Å²) in [6, 6.07) is 6.86. The van der Waals surface area contributed by atoms with Crippen LogP contribution in [0.4, 0.5) is 0 Å². The van der Waals surface area contributed by atoms with Crippen LogP contribution in [0.5, 0.6) is 0 Å². The average molecular weight is 277 g/mol. The third-order valence-corrected chi connectivity index (χ3v) is 4.46. The first-order valence-electron chi connectivity index (χ1n) is 6.10. The van der Waals surface area contributed by atoms with Gasteiger partial charge in [-0.3, -0.25) is 0 Å². The number of nitrogens with zero attached hydrogens (tertiary/aromatic N) is 1. The predicted molar refractivity (Wildman–Crippen MR) is 78.2 cm³/mol. The van der Waals surface area contributed by atoms with Crippen LogP contribution in [-0.4, -0.2) is 25.8 Å². The smallest absolute Gasteiger partial charge is 0.207 e. The minimum absolute atomic E-state index is 0.205. The lowest BCUT2D eigenvalue weighted by Crippen LogP contribution is -2.31. The molecule has 0 saturated heterocycles. The molecule has 19 heavy (non-hydrogen) atoms. The zero-order valence-electron chi connectivity index (χ0n) is 11.6. The van der Waals surface area contributed by atoms with Crippen LogP contribution >= 0.6 is 0 Å². The monoisotopic (exact) mass is 277 g/mol. The van der Waals surface area contributed by atoms with Crippen molar-refractivity contribution in [3.63, 3.8) is 0 Å². The summed E-state index contributed by atoms with van der Waals surface area (Å²) in [6.45, 7) is 6.03. The second kappa shape index (κ2) is 7.13. The fourth-order valence-electron chi connectivity index (χ4n) is 1.50. The molecule has 102 valence electrons. The summed E-state index contributed by atoms with van der Waals surface area (Å²) in [4.78, 5) is 0.306. The van der Waals surface area contributed by atoms with E-state index in [2.05, 4.69) is 11.8 Å². The highest BCUT2D eigenvalue weighted by Gasteiger charge is 2.22. The Morgan fingerprint density at radius 2 is 1.89 bits per heavy atom. The zero-order valence-corrected chi connectivity index (χ0v) is 12.4. The van der Waals surface area contributed by atoms with Gasteiger partial charge in [-0.05, 0) is 32.9 Å². The van der Waals surface area contributed by atoms with Crippen LogP contribution in [0.3, 0.4) is 0 Å². The predicted octanol–water partition coefficient (Wildman–Crippen LogP) is 2.59. The molecule has 0 amide bonds. The second-order valence-corrected chi connectivity index (χ2v) is 6.04. The molecule has 0 heterocycles. The fraction of sp³-hybridized carbons (Fsp3) is 0.333. The topological polar surface area (TPSA) is 37.4 Å². The summed E-state index contributed by atoms with van der Waals surface area (Å²) < 4.78 is 26.3. The summed E-state index contributed by atoms with van der Waals surface area (Å²) in [5, 5.41) is 0. The first kappa shape index (κ1) is 15.5. The van der Waals surface area contributed by atoms with Crippen molar-refractivity contribution in [2.75, 3.05) is 13.1 Å². The van der Waals surface area contributed by atoms with Gasteiger partial charge in [-0.1, -0.05) is 35.8 Å². The summed E-state index contributed by atoms with van der Waals surface area (Å²) in [7, 11) is -3.48. The summed E-state index contributed by atoms with van der Waals surface area (Å²) in [6.07, 6.45) is 3.64. The van der Waals surface area contributed by atoms with E-state index in [0.29, 0.717) is 11.4 Å². The van der Waals surface area contributed by atoms with E-state index >= 15 is 0 Å². The molecule has 0 N–H and O–H groups in total. The Hall–Kier alpha value is -1.57. The number of hydrogen-bond donors (Lipinski definition) is 0. The Bertz CT molecular complexity index is 589. The lowest BCUT2D eigenvalue weighted by Gasteiger charge is -2.18. The summed E-state index contributed by atoms with van der Waals surface area (Å²) in [5.74, 6) is 5.53. The number of hydrogen-bond acceptors (Lipinski definition) is 2. The minimum atomic E-state index is -3.48. The third kappa shape index (κ3) is 4.23. The van der Waals surface area contributed by atoms with Crippen LogP contribution in [0.1, 0.15) is 19.4 Å². The van der Waals surface area contributed by atoms with Gasteiger partial charge < -0.3 is 0 Å². The first-order valence-corrected chi connectivity index (χ1v) is 7.54. The molecule has 1 aromatic carbocycles. The van der Waals surface area contributed by atoms with Crippen molar-refractivity contribution in [3.05, 3.63) is 42.0 Å². The molecular formula is C15H19NO2S. The van der Waals surface area contributed by atoms with Crippen molar-refractivity contribution in [1.29, 1.82) is 0 Å². The van der Waals surface area contributed by atoms with Crippen molar-refractivity contribution in [1.82, 2.24) is 4.31 Å². The van der Waals surface area contributed by atoms with E-state index in [4.69, 9.17) is 0 Å². The molecule has 4 heteroatoms. The van der Waals surface area contributed by atoms with Gasteiger partial charge in [-0.15, -0.1) is 5.92 Å². The summed E-state index contributed by atoms with van der Waals surface area (Å²) >= 11 is 0. The molecule has 3 nitrogen and oxygen atoms in total. The standard InChI is InChI=1S/C15H19NO2S/c1-4-6-12-16(13-7-5-2)19(17,18)15-10-8-14(3)9-11-15/h4,6,8-11H,12-13H2,1-3H3. The molecule has 0 aromatic heterocycles. The van der Waals surface area contributed by atoms with Crippen molar-refractivity contribution in [2.24, 2.45) is 0 Å². The Kier molecular flexibility index (Phi) is 5.81. The van der Waals surface area contributed by atoms with Gasteiger partial charge in [-0.2, -0.15) is 4.31 Å². The number of allylic oxidation sites excluding steroid dienone is 1. The molecule has 1 rings (SSSR count). The van der Waals surface area contributed by atoms with Crippen LogP contribution < -0.4 is 0 Å². The average Bonchev–Trinajstić information content (AvgIpc) is 2.39. The van der Waals surface area contributed by atoms with Gasteiger partial charge in [0.2, 0.25) is 10.0 Å². The molecule has 0 bridgehead atoms. The van der Waals surface area contributed by atoms with Gasteiger partial charge in [0.05, 0.1) is 11.4 Å². The van der Waals surface area contributed by atoms with Gasteiger partial charge in [-0.25, -0.2) is 8.42 Å². The quantitative estimate of drug-likeness (QED) is 0.613. The first-order chi connectivity index (χ1) is 9.02. The highest BCUT2D eigenvalue weighted by molar-refractivity contribution is 7.89. The van der Waals surface area contributed by atoms with Gasteiger partial charge in [0.1, 0.15) is 0 Å². The highest BCUT2D eigenvalue weighted by atomic mass is 32.2. The maximum atomic E-state index is 12.5. The normalized spacial score (nSPS) is 11.6. The Balaban J connectivity index is 3.09. The lowest BCUT2D eigenvalue weighted by molar-refractivity contribution is 0.478. The maximum Gasteiger partial charge on any atom is 0.244 e. The molecule has 0 atom stereocenters. The third-order valence-electron chi connectivity index (χ3n) is 2.64. The fourth-order valence-corrected chi connectivity index (χ4v) is 2.79. The molecule has 0 spiro atoms. The van der Waals surface area contributed by atoms with Crippen molar-refractivity contribution in [3.8, 4) is 11.8 Å². The van der Waals surface area contributed by atoms with E-state index in [1.807, 2.05) is 26.0 Å². The highest BCUT2D eigenvalue weighted by Crippen LogP contribution is 2.16. The maximum absolute atomic E-state index is 12.5. The Morgan fingerprint density at radius 1 is 1.26 bits per heavy atom. The van der Waals surface area contributed by atoms with Crippen LogP contribution in [0.15, 0.2) is 41.3 Å². The van der Waals surface area contributed by atoms with Crippen LogP contribution in [0.2, 0.25) is 0 Å². The molecule has 0 aliphatic rings. The van der Waals surface area contributed by atoms with E-state index in [9.17, 15) is 8.42 Å². The van der Waals surface area contributed by atoms with Gasteiger partial charge >= 0.3 is 0 Å². The molecule has 0 unspecified atom stereocenters. The Morgan fingerprint density at radius 3 is 2.42 bits per heavy atom. The van der Waals surface area contributed by atoms with Gasteiger partial charge in [0, 0.05) is 6.54 Å². The molecule has 0 aliphatic carbocycles. The molecule has 1 aromatic rings. The molecule has 0 radical (unpaired) electrons. The van der Waals surface area contributed by atoms with Crippen molar-refractivity contribution in [2.45, 2.75) is 25.7 Å². The molecular weight excluding hydrogens is 258 g/mol. The number of aryl methyl sites for hydroxylation is 1. The zero-order chi connectivity index (χ0) is 14.3. The van der Waals surface area contributed by atoms with Crippen LogP contribution in [-0.2, 0) is 10.0 Å². The van der Waals surface area contributed by atoms with Crippen molar-refractivity contribution >= 4 is 10.0 Å². The largest absolute Gasteiger partial charge is 0.244 e. The lowest BCUT2D eigenvalue weighted by atomic mass is 10.2. The Labute approximate surface area is 116 Å². The van der Waals surface area contributed by atoms with E-state index in [0.717, 1.165) is 5.56 Å². The number of rotatable bonds is 5. The van der Waals surface area contributed by atoms with Gasteiger partial charge in [0.25, 0.3) is 0 Å². The van der Waals surface area contributed by atoms with Crippen LogP contribution in [0, 0.1) is 18.8 Å². The SMILES string of the molecule is CC#CCN(CC=CC)S(=O)(=O)c1ccc(C)cc1.